The molecule has 0 aliphatic heterocycles. The molecule has 3 heteroatoms. The Hall–Kier alpha value is -0.860. The predicted molar refractivity (Wildman–Crippen MR) is 24.2 cm³/mol. The molecule has 0 aromatic rings. The summed E-state index contributed by atoms with van der Waals surface area (Å²) in [6, 6.07) is 0. The average molecular weight is 100 g/mol. The zero-order chi connectivity index (χ0) is 5.86. The number of carbonyl (C=O) groups is 2. The molecule has 0 aliphatic rings. The molecule has 0 bridgehead atoms. The fourth-order valence-electron chi connectivity index (χ4n) is 0.123. The van der Waals surface area contributed by atoms with Gasteiger partial charge in [0, 0.05) is 6.42 Å². The molecule has 0 aromatic carbocycles. The zero-order valence-electron chi connectivity index (χ0n) is 3.81. The predicted octanol–water partition coefficient (Wildman–Crippen LogP) is -0.735. The summed E-state index contributed by atoms with van der Waals surface area (Å²) in [6.07, 6.45) is -0.0463. The lowest BCUT2D eigenvalue weighted by Crippen LogP contribution is -2.21. The van der Waals surface area contributed by atoms with Crippen molar-refractivity contribution in [1.82, 2.24) is 0 Å². The lowest BCUT2D eigenvalue weighted by Gasteiger charge is -1.81. The molecule has 0 rings (SSSR count). The minimum atomic E-state index is -0.907. The van der Waals surface area contributed by atoms with Gasteiger partial charge in [0.05, 0.1) is 0 Å². The first-order valence-electron chi connectivity index (χ1n) is 1.80. The molecule has 0 aromatic heterocycles. The fraction of sp³-hybridized carbons (Fsp3) is 0.250. The molecule has 0 saturated heterocycles. The van der Waals surface area contributed by atoms with Gasteiger partial charge in [0.15, 0.2) is 0 Å². The SMILES string of the molecule is [CH2]CC(=O)C(N)=O. The summed E-state index contributed by atoms with van der Waals surface area (Å²) in [5.74, 6) is -1.53. The topological polar surface area (TPSA) is 60.2 Å². The van der Waals surface area contributed by atoms with E-state index in [4.69, 9.17) is 0 Å². The van der Waals surface area contributed by atoms with Crippen LogP contribution in [0.5, 0.6) is 0 Å². The summed E-state index contributed by atoms with van der Waals surface area (Å²) in [5, 5.41) is 0. The second-order valence-corrected chi connectivity index (χ2v) is 1.04. The maximum Gasteiger partial charge on any atom is 0.284 e. The second-order valence-electron chi connectivity index (χ2n) is 1.04. The monoisotopic (exact) mass is 100 g/mol. The largest absolute Gasteiger partial charge is 0.363 e. The van der Waals surface area contributed by atoms with E-state index in [-0.39, 0.29) is 6.42 Å². The van der Waals surface area contributed by atoms with Crippen LogP contribution in [0.25, 0.3) is 0 Å². The van der Waals surface area contributed by atoms with Gasteiger partial charge >= 0.3 is 0 Å². The first-order valence-corrected chi connectivity index (χ1v) is 1.80. The van der Waals surface area contributed by atoms with E-state index in [2.05, 4.69) is 12.7 Å². The third-order valence-corrected chi connectivity index (χ3v) is 0.502. The summed E-state index contributed by atoms with van der Waals surface area (Å²) < 4.78 is 0. The summed E-state index contributed by atoms with van der Waals surface area (Å²) in [6.45, 7) is 3.16. The highest BCUT2D eigenvalue weighted by molar-refractivity contribution is 6.35. The van der Waals surface area contributed by atoms with Crippen molar-refractivity contribution in [3.8, 4) is 0 Å². The fourth-order valence-corrected chi connectivity index (χ4v) is 0.123. The zero-order valence-corrected chi connectivity index (χ0v) is 3.81. The minimum absolute atomic E-state index is 0.0463. The van der Waals surface area contributed by atoms with Crippen molar-refractivity contribution >= 4 is 11.7 Å². The normalized spacial score (nSPS) is 8.14. The van der Waals surface area contributed by atoms with E-state index in [1.165, 1.54) is 0 Å². The van der Waals surface area contributed by atoms with Crippen LogP contribution in [0.2, 0.25) is 0 Å². The van der Waals surface area contributed by atoms with Crippen LogP contribution in [-0.2, 0) is 9.59 Å². The van der Waals surface area contributed by atoms with Crippen LogP contribution < -0.4 is 5.73 Å². The van der Waals surface area contributed by atoms with Crippen molar-refractivity contribution in [3.05, 3.63) is 6.92 Å². The van der Waals surface area contributed by atoms with Gasteiger partial charge in [-0.3, -0.25) is 9.59 Å². The molecule has 3 nitrogen and oxygen atoms in total. The van der Waals surface area contributed by atoms with Crippen molar-refractivity contribution < 1.29 is 9.59 Å². The van der Waals surface area contributed by atoms with Crippen molar-refractivity contribution in [2.24, 2.45) is 5.73 Å². The van der Waals surface area contributed by atoms with Crippen LogP contribution >= 0.6 is 0 Å². The Bertz CT molecular complexity index is 97.9. The second kappa shape index (κ2) is 2.34. The van der Waals surface area contributed by atoms with Crippen molar-refractivity contribution in [2.45, 2.75) is 6.42 Å². The smallest absolute Gasteiger partial charge is 0.284 e. The number of hydrogen-bond acceptors (Lipinski definition) is 2. The minimum Gasteiger partial charge on any atom is -0.363 e. The highest BCUT2D eigenvalue weighted by Crippen LogP contribution is 1.73. The summed E-state index contributed by atoms with van der Waals surface area (Å²) in [4.78, 5) is 19.7. The molecular formula is C4H6NO2. The molecule has 0 fully saturated rings. The Kier molecular flexibility index (Phi) is 2.05. The van der Waals surface area contributed by atoms with Gasteiger partial charge < -0.3 is 5.73 Å². The van der Waals surface area contributed by atoms with Gasteiger partial charge in [-0.05, 0) is 6.92 Å². The van der Waals surface area contributed by atoms with Gasteiger partial charge in [-0.15, -0.1) is 0 Å². The number of primary amides is 1. The average Bonchev–Trinajstić information content (AvgIpc) is 1.65. The highest BCUT2D eigenvalue weighted by Gasteiger charge is 2.02. The summed E-state index contributed by atoms with van der Waals surface area (Å²) >= 11 is 0. The summed E-state index contributed by atoms with van der Waals surface area (Å²) in [5.41, 5.74) is 4.52. The summed E-state index contributed by atoms with van der Waals surface area (Å²) in [7, 11) is 0. The van der Waals surface area contributed by atoms with E-state index in [0.29, 0.717) is 0 Å². The lowest BCUT2D eigenvalue weighted by molar-refractivity contribution is -0.135. The van der Waals surface area contributed by atoms with Crippen LogP contribution in [0.1, 0.15) is 6.42 Å². The number of rotatable bonds is 2. The van der Waals surface area contributed by atoms with Crippen molar-refractivity contribution in [3.63, 3.8) is 0 Å². The Balaban J connectivity index is 3.58. The number of Topliss-reactive ketones (excluding diaryl/α,β-unsaturated/α-hetero) is 1. The quantitative estimate of drug-likeness (QED) is 0.465. The molecule has 0 unspecified atom stereocenters. The standard InChI is InChI=1S/C4H6NO2/c1-2-3(6)4(5)7/h1-2H2,(H2,5,7). The number of amides is 1. The molecule has 0 atom stereocenters. The number of hydrogen-bond donors (Lipinski definition) is 1. The van der Waals surface area contributed by atoms with Gasteiger partial charge in [0.1, 0.15) is 0 Å². The van der Waals surface area contributed by atoms with Crippen molar-refractivity contribution in [2.75, 3.05) is 0 Å². The van der Waals surface area contributed by atoms with Gasteiger partial charge in [-0.1, -0.05) is 0 Å². The van der Waals surface area contributed by atoms with E-state index in [9.17, 15) is 9.59 Å². The molecule has 1 amide bonds. The molecule has 2 N–H and O–H groups in total. The molecule has 7 heavy (non-hydrogen) atoms. The Morgan fingerprint density at radius 3 is 2.00 bits per heavy atom. The number of ketones is 1. The van der Waals surface area contributed by atoms with Crippen LogP contribution in [0.4, 0.5) is 0 Å². The first-order chi connectivity index (χ1) is 3.18. The molecule has 0 saturated carbocycles. The molecular weight excluding hydrogens is 94.0 g/mol. The number of carbonyl (C=O) groups excluding carboxylic acids is 2. The van der Waals surface area contributed by atoms with E-state index < -0.39 is 11.7 Å². The maximum atomic E-state index is 9.97. The number of nitrogens with two attached hydrogens (primary N) is 1. The third kappa shape index (κ3) is 1.92. The molecule has 0 heterocycles. The van der Waals surface area contributed by atoms with Crippen LogP contribution in [-0.4, -0.2) is 11.7 Å². The van der Waals surface area contributed by atoms with Crippen LogP contribution in [0.3, 0.4) is 0 Å². The van der Waals surface area contributed by atoms with E-state index in [0.717, 1.165) is 0 Å². The van der Waals surface area contributed by atoms with E-state index in [1.807, 2.05) is 0 Å². The van der Waals surface area contributed by atoms with E-state index in [1.54, 1.807) is 0 Å². The molecule has 0 aliphatic carbocycles. The lowest BCUT2D eigenvalue weighted by atomic mass is 10.3. The van der Waals surface area contributed by atoms with Crippen LogP contribution in [0, 0.1) is 6.92 Å². The Morgan fingerprint density at radius 1 is 1.57 bits per heavy atom. The van der Waals surface area contributed by atoms with Crippen molar-refractivity contribution in [1.29, 1.82) is 0 Å². The van der Waals surface area contributed by atoms with Gasteiger partial charge in [0.25, 0.3) is 5.91 Å². The first kappa shape index (κ1) is 6.14. The van der Waals surface area contributed by atoms with E-state index >= 15 is 0 Å². The Labute approximate surface area is 41.5 Å². The molecule has 1 radical (unpaired) electrons. The maximum absolute atomic E-state index is 9.97. The van der Waals surface area contributed by atoms with Gasteiger partial charge in [0.2, 0.25) is 5.78 Å². The Morgan fingerprint density at radius 2 is 2.00 bits per heavy atom. The van der Waals surface area contributed by atoms with Gasteiger partial charge in [-0.25, -0.2) is 0 Å². The van der Waals surface area contributed by atoms with Crippen LogP contribution in [0.15, 0.2) is 0 Å². The van der Waals surface area contributed by atoms with Gasteiger partial charge in [-0.2, -0.15) is 0 Å². The third-order valence-electron chi connectivity index (χ3n) is 0.502. The molecule has 39 valence electrons. The highest BCUT2D eigenvalue weighted by atomic mass is 16.2. The molecule has 0 spiro atoms.